The maximum atomic E-state index is 9.60. The third-order valence-corrected chi connectivity index (χ3v) is 3.05. The topological polar surface area (TPSA) is 20.2 Å². The Kier molecular flexibility index (Phi) is 3.20. The van der Waals surface area contributed by atoms with Crippen LogP contribution in [0.4, 0.5) is 0 Å². The smallest absolute Gasteiger partial charge is 0.0571 e. The number of rotatable bonds is 1. The van der Waals surface area contributed by atoms with Crippen molar-refractivity contribution in [3.63, 3.8) is 0 Å². The second-order valence-electron chi connectivity index (χ2n) is 3.89. The van der Waals surface area contributed by atoms with Crippen molar-refractivity contribution in [1.29, 1.82) is 0 Å². The van der Waals surface area contributed by atoms with Gasteiger partial charge in [0.1, 0.15) is 0 Å². The molecule has 1 nitrogen and oxygen atoms in total. The SMILES string of the molecule is CC(C)C1CC(Cl)CCC1O. The molecule has 66 valence electrons. The minimum absolute atomic E-state index is 0.106. The van der Waals surface area contributed by atoms with Crippen LogP contribution in [0.3, 0.4) is 0 Å². The predicted molar refractivity (Wildman–Crippen MR) is 47.8 cm³/mol. The summed E-state index contributed by atoms with van der Waals surface area (Å²) in [5.74, 6) is 0.984. The monoisotopic (exact) mass is 176 g/mol. The number of hydrogen-bond acceptors (Lipinski definition) is 1. The molecule has 2 heteroatoms. The van der Waals surface area contributed by atoms with Crippen molar-refractivity contribution in [3.8, 4) is 0 Å². The van der Waals surface area contributed by atoms with Crippen molar-refractivity contribution in [3.05, 3.63) is 0 Å². The van der Waals surface area contributed by atoms with Gasteiger partial charge in [-0.1, -0.05) is 13.8 Å². The highest BCUT2D eigenvalue weighted by Gasteiger charge is 2.29. The Labute approximate surface area is 73.8 Å². The lowest BCUT2D eigenvalue weighted by Gasteiger charge is -2.33. The van der Waals surface area contributed by atoms with Gasteiger partial charge in [-0.3, -0.25) is 0 Å². The van der Waals surface area contributed by atoms with E-state index in [1.54, 1.807) is 0 Å². The molecule has 0 aromatic heterocycles. The zero-order valence-electron chi connectivity index (χ0n) is 7.26. The fourth-order valence-electron chi connectivity index (χ4n) is 1.85. The molecule has 1 saturated carbocycles. The molecule has 1 aliphatic carbocycles. The molecule has 0 aliphatic heterocycles. The molecule has 0 spiro atoms. The van der Waals surface area contributed by atoms with E-state index in [-0.39, 0.29) is 6.10 Å². The van der Waals surface area contributed by atoms with Gasteiger partial charge in [0, 0.05) is 5.38 Å². The van der Waals surface area contributed by atoms with E-state index in [9.17, 15) is 5.11 Å². The molecule has 1 N–H and O–H groups in total. The van der Waals surface area contributed by atoms with Crippen LogP contribution in [0, 0.1) is 11.8 Å². The molecule has 0 heterocycles. The lowest BCUT2D eigenvalue weighted by molar-refractivity contribution is 0.0470. The summed E-state index contributed by atoms with van der Waals surface area (Å²) in [5.41, 5.74) is 0. The van der Waals surface area contributed by atoms with E-state index in [4.69, 9.17) is 11.6 Å². The average molecular weight is 177 g/mol. The Morgan fingerprint density at radius 2 is 2.00 bits per heavy atom. The lowest BCUT2D eigenvalue weighted by Crippen LogP contribution is -2.32. The molecular formula is C9H17ClO. The summed E-state index contributed by atoms with van der Waals surface area (Å²) >= 11 is 6.01. The van der Waals surface area contributed by atoms with Crippen molar-refractivity contribution in [2.75, 3.05) is 0 Å². The van der Waals surface area contributed by atoms with Crippen molar-refractivity contribution < 1.29 is 5.11 Å². The van der Waals surface area contributed by atoms with Crippen LogP contribution in [0.5, 0.6) is 0 Å². The molecule has 0 amide bonds. The van der Waals surface area contributed by atoms with Crippen LogP contribution in [-0.4, -0.2) is 16.6 Å². The summed E-state index contributed by atoms with van der Waals surface area (Å²) < 4.78 is 0. The van der Waals surface area contributed by atoms with E-state index < -0.39 is 0 Å². The van der Waals surface area contributed by atoms with Crippen LogP contribution in [-0.2, 0) is 0 Å². The van der Waals surface area contributed by atoms with Gasteiger partial charge in [-0.25, -0.2) is 0 Å². The van der Waals surface area contributed by atoms with E-state index in [1.807, 2.05) is 0 Å². The largest absolute Gasteiger partial charge is 0.393 e. The Morgan fingerprint density at radius 3 is 2.45 bits per heavy atom. The van der Waals surface area contributed by atoms with Crippen molar-refractivity contribution in [1.82, 2.24) is 0 Å². The molecule has 0 bridgehead atoms. The number of aliphatic hydroxyl groups excluding tert-OH is 1. The Morgan fingerprint density at radius 1 is 1.36 bits per heavy atom. The molecule has 1 fully saturated rings. The van der Waals surface area contributed by atoms with E-state index >= 15 is 0 Å². The molecule has 3 atom stereocenters. The van der Waals surface area contributed by atoms with E-state index in [0.29, 0.717) is 17.2 Å². The second-order valence-corrected chi connectivity index (χ2v) is 4.50. The quantitative estimate of drug-likeness (QED) is 0.609. The van der Waals surface area contributed by atoms with Gasteiger partial charge in [-0.05, 0) is 31.1 Å². The maximum Gasteiger partial charge on any atom is 0.0571 e. The first-order chi connectivity index (χ1) is 5.11. The summed E-state index contributed by atoms with van der Waals surface area (Å²) in [6.07, 6.45) is 2.74. The third kappa shape index (κ3) is 2.34. The van der Waals surface area contributed by atoms with E-state index in [0.717, 1.165) is 19.3 Å². The lowest BCUT2D eigenvalue weighted by atomic mass is 9.79. The Hall–Kier alpha value is 0.250. The molecule has 0 aromatic carbocycles. The van der Waals surface area contributed by atoms with Gasteiger partial charge in [0.05, 0.1) is 6.10 Å². The molecular weight excluding hydrogens is 160 g/mol. The number of halogens is 1. The summed E-state index contributed by atoms with van der Waals surface area (Å²) in [6, 6.07) is 0. The molecule has 0 saturated heterocycles. The van der Waals surface area contributed by atoms with Crippen LogP contribution in [0.15, 0.2) is 0 Å². The van der Waals surface area contributed by atoms with Crippen LogP contribution in [0.1, 0.15) is 33.1 Å². The minimum Gasteiger partial charge on any atom is -0.393 e. The molecule has 3 unspecified atom stereocenters. The fourth-order valence-corrected chi connectivity index (χ4v) is 2.18. The molecule has 1 rings (SSSR count). The number of alkyl halides is 1. The van der Waals surface area contributed by atoms with Crippen LogP contribution < -0.4 is 0 Å². The predicted octanol–water partition coefficient (Wildman–Crippen LogP) is 2.41. The first-order valence-corrected chi connectivity index (χ1v) is 4.87. The van der Waals surface area contributed by atoms with E-state index in [2.05, 4.69) is 13.8 Å². The van der Waals surface area contributed by atoms with E-state index in [1.165, 1.54) is 0 Å². The molecule has 0 radical (unpaired) electrons. The van der Waals surface area contributed by atoms with Gasteiger partial charge in [0.15, 0.2) is 0 Å². The highest BCUT2D eigenvalue weighted by Crippen LogP contribution is 2.32. The van der Waals surface area contributed by atoms with Crippen LogP contribution in [0.2, 0.25) is 0 Å². The highest BCUT2D eigenvalue weighted by molar-refractivity contribution is 6.20. The Balaban J connectivity index is 2.47. The third-order valence-electron chi connectivity index (χ3n) is 2.65. The summed E-state index contributed by atoms with van der Waals surface area (Å²) in [7, 11) is 0. The first kappa shape index (κ1) is 9.34. The van der Waals surface area contributed by atoms with Crippen LogP contribution >= 0.6 is 11.6 Å². The molecule has 11 heavy (non-hydrogen) atoms. The Bertz CT molecular complexity index is 125. The van der Waals surface area contributed by atoms with Gasteiger partial charge in [0.2, 0.25) is 0 Å². The van der Waals surface area contributed by atoms with Crippen molar-refractivity contribution in [2.45, 2.75) is 44.6 Å². The number of aliphatic hydroxyl groups is 1. The number of hydrogen-bond donors (Lipinski definition) is 1. The highest BCUT2D eigenvalue weighted by atomic mass is 35.5. The van der Waals surface area contributed by atoms with Gasteiger partial charge in [0.25, 0.3) is 0 Å². The van der Waals surface area contributed by atoms with Crippen molar-refractivity contribution in [2.24, 2.45) is 11.8 Å². The van der Waals surface area contributed by atoms with Gasteiger partial charge >= 0.3 is 0 Å². The van der Waals surface area contributed by atoms with Gasteiger partial charge < -0.3 is 5.11 Å². The maximum absolute atomic E-state index is 9.60. The zero-order chi connectivity index (χ0) is 8.43. The standard InChI is InChI=1S/C9H17ClO/c1-6(2)8-5-7(10)3-4-9(8)11/h6-9,11H,3-5H2,1-2H3. The van der Waals surface area contributed by atoms with Crippen molar-refractivity contribution >= 4 is 11.6 Å². The summed E-state index contributed by atoms with van der Waals surface area (Å²) in [5, 5.41) is 9.90. The zero-order valence-corrected chi connectivity index (χ0v) is 8.01. The molecule has 1 aliphatic rings. The van der Waals surface area contributed by atoms with Gasteiger partial charge in [-0.2, -0.15) is 0 Å². The minimum atomic E-state index is -0.106. The normalized spacial score (nSPS) is 39.5. The molecule has 0 aromatic rings. The summed E-state index contributed by atoms with van der Waals surface area (Å²) in [4.78, 5) is 0. The second kappa shape index (κ2) is 3.77. The summed E-state index contributed by atoms with van der Waals surface area (Å²) in [6.45, 7) is 4.31. The average Bonchev–Trinajstić information content (AvgIpc) is 1.94. The fraction of sp³-hybridized carbons (Fsp3) is 1.00. The van der Waals surface area contributed by atoms with Crippen LogP contribution in [0.25, 0.3) is 0 Å². The first-order valence-electron chi connectivity index (χ1n) is 4.43. The van der Waals surface area contributed by atoms with Gasteiger partial charge in [-0.15, -0.1) is 11.6 Å².